The van der Waals surface area contributed by atoms with E-state index >= 15 is 0 Å². The molecule has 484 valence electrons. The second-order valence-corrected chi connectivity index (χ2v) is 27.3. The zero-order chi connectivity index (χ0) is 62.5. The Labute approximate surface area is 517 Å². The average Bonchev–Trinajstić information content (AvgIpc) is 1.44. The molecule has 5 unspecified atom stereocenters. The Morgan fingerprint density at radius 3 is 2.15 bits per heavy atom. The van der Waals surface area contributed by atoms with Crippen LogP contribution in [0.4, 0.5) is 8.78 Å². The molecule has 0 radical (unpaired) electrons. The van der Waals surface area contributed by atoms with Crippen molar-refractivity contribution >= 4 is 29.5 Å². The van der Waals surface area contributed by atoms with Crippen molar-refractivity contribution in [2.75, 3.05) is 65.7 Å². The molecule has 4 heterocycles. The minimum Gasteiger partial charge on any atom is -0.504 e. The van der Waals surface area contributed by atoms with Crippen LogP contribution in [-0.4, -0.2) is 172 Å². The lowest BCUT2D eigenvalue weighted by atomic mass is 9.48. The third-order valence-electron chi connectivity index (χ3n) is 20.4. The molecule has 22 heteroatoms. The molecule has 7 N–H and O–H groups in total. The number of phenolic OH excluding ortho intramolecular Hbond substituents is 1. The van der Waals surface area contributed by atoms with E-state index in [0.717, 1.165) is 67.2 Å². The van der Waals surface area contributed by atoms with Crippen molar-refractivity contribution in [2.45, 2.75) is 209 Å². The summed E-state index contributed by atoms with van der Waals surface area (Å²) in [6.07, 6.45) is 8.62. The number of likely N-dealkylation sites (tertiary alicyclic amines) is 2. The molecule has 88 heavy (non-hydrogen) atoms. The van der Waals surface area contributed by atoms with Gasteiger partial charge in [-0.2, -0.15) is 0 Å². The highest BCUT2D eigenvalue weighted by molar-refractivity contribution is 5.81. The maximum absolute atomic E-state index is 13.9. The van der Waals surface area contributed by atoms with E-state index in [2.05, 4.69) is 78.8 Å². The Balaban J connectivity index is 0.597. The number of aromatic hydroxyl groups is 1. The van der Waals surface area contributed by atoms with Gasteiger partial charge in [0.15, 0.2) is 11.5 Å². The fourth-order valence-electron chi connectivity index (χ4n) is 15.9. The lowest BCUT2D eigenvalue weighted by molar-refractivity contribution is -0.192. The first kappa shape index (κ1) is 65.2. The smallest absolute Gasteiger partial charge is 0.248 e. The molecule has 2 bridgehead atoms. The van der Waals surface area contributed by atoms with Crippen molar-refractivity contribution in [3.63, 3.8) is 0 Å². The quantitative estimate of drug-likeness (QED) is 0.0402. The summed E-state index contributed by atoms with van der Waals surface area (Å²) in [5.74, 6) is -1.58. The van der Waals surface area contributed by atoms with Gasteiger partial charge in [-0.3, -0.25) is 33.8 Å². The lowest BCUT2D eigenvalue weighted by Crippen LogP contribution is -2.78. The van der Waals surface area contributed by atoms with Gasteiger partial charge in [0, 0.05) is 93.6 Å². The number of phenols is 1. The number of ether oxygens (including phenoxy) is 3. The third-order valence-corrected chi connectivity index (χ3v) is 20.4. The van der Waals surface area contributed by atoms with Crippen molar-refractivity contribution in [2.24, 2.45) is 23.7 Å². The molecule has 1 aromatic heterocycles. The normalized spacial score (nSPS) is 27.6. The number of carbonyl (C=O) groups is 5. The van der Waals surface area contributed by atoms with E-state index in [9.17, 15) is 43.0 Å². The molecule has 5 fully saturated rings. The van der Waals surface area contributed by atoms with Crippen molar-refractivity contribution in [3.8, 4) is 11.5 Å². The van der Waals surface area contributed by atoms with Crippen LogP contribution in [0.2, 0.25) is 0 Å². The lowest BCUT2D eigenvalue weighted by Gasteiger charge is -2.64. The number of benzene rings is 2. The standard InChI is InChI=1S/C66H96F2N10O10/c1-7-48-32-49(30-43(6)77(48)27-21-50(45-11-9-8-10-12-45)73-63(84)46-17-22-64(67,68)23-18-46)78-54(74-75-62(78)40(2)3)20-26-69-55(80)36-86-37-56(81)70-33-41(4)29-42(5)34-71-57(82)38-87-39-58(83)72-51-19-24-66(85)53-31-47-15-16-52(79)60-59(47)65(66,61(51)88-60)25-28-76(53)35-44-13-14-44/h8-12,15-16,40-44,46,48-51,53,61,79,85H,7,13-14,17-39H2,1-6H3,(H,69,80)(H,70,81)(H,71,82)(H,72,83)(H,73,84)/t41?,42?,43?,48?,49?,50-,51+,53+,61-,65-,66+/m0/s1. The second-order valence-electron chi connectivity index (χ2n) is 27.3. The van der Waals surface area contributed by atoms with Crippen LogP contribution in [-0.2, 0) is 51.7 Å². The zero-order valence-corrected chi connectivity index (χ0v) is 52.5. The minimum absolute atomic E-state index is 0.0464. The van der Waals surface area contributed by atoms with E-state index in [1.54, 1.807) is 6.07 Å². The summed E-state index contributed by atoms with van der Waals surface area (Å²) in [5.41, 5.74) is 1.18. The topological polar surface area (TPSA) is 251 Å². The van der Waals surface area contributed by atoms with Gasteiger partial charge >= 0.3 is 0 Å². The maximum atomic E-state index is 13.9. The highest BCUT2D eigenvalue weighted by atomic mass is 19.3. The number of hydrogen-bond acceptors (Lipinski definition) is 14. The molecule has 3 aromatic rings. The predicted molar refractivity (Wildman–Crippen MR) is 326 cm³/mol. The average molecular weight is 1230 g/mol. The fraction of sp³-hybridized carbons (Fsp3) is 0.712. The van der Waals surface area contributed by atoms with Crippen LogP contribution in [0.15, 0.2) is 42.5 Å². The van der Waals surface area contributed by atoms with Crippen LogP contribution in [0.1, 0.15) is 178 Å². The summed E-state index contributed by atoms with van der Waals surface area (Å²) in [5, 5.41) is 47.9. The molecule has 4 aliphatic carbocycles. The number of piperidine rings is 2. The summed E-state index contributed by atoms with van der Waals surface area (Å²) < 4.78 is 47.8. The minimum atomic E-state index is -2.70. The molecule has 3 aliphatic heterocycles. The molecule has 20 nitrogen and oxygen atoms in total. The van der Waals surface area contributed by atoms with Crippen LogP contribution < -0.4 is 31.3 Å². The number of carbonyl (C=O) groups excluding carboxylic acids is 5. The van der Waals surface area contributed by atoms with Crippen molar-refractivity contribution in [1.29, 1.82) is 0 Å². The van der Waals surface area contributed by atoms with Gasteiger partial charge in [-0.05, 0) is 132 Å². The van der Waals surface area contributed by atoms with Crippen molar-refractivity contribution < 1.29 is 57.2 Å². The molecule has 1 spiro atoms. The predicted octanol–water partition coefficient (Wildman–Crippen LogP) is 6.32. The number of nitrogens with zero attached hydrogens (tertiary/aromatic N) is 5. The third kappa shape index (κ3) is 14.7. The highest BCUT2D eigenvalue weighted by Crippen LogP contribution is 2.65. The first-order valence-corrected chi connectivity index (χ1v) is 32.8. The van der Waals surface area contributed by atoms with Crippen molar-refractivity contribution in [1.82, 2.24) is 51.1 Å². The monoisotopic (exact) mass is 1230 g/mol. The Bertz CT molecular complexity index is 2920. The van der Waals surface area contributed by atoms with Gasteiger partial charge in [0.25, 0.3) is 0 Å². The Morgan fingerprint density at radius 2 is 1.49 bits per heavy atom. The first-order chi connectivity index (χ1) is 42.2. The van der Waals surface area contributed by atoms with E-state index in [0.29, 0.717) is 76.2 Å². The molecular formula is C66H96F2N10O10. The van der Waals surface area contributed by atoms with E-state index < -0.39 is 35.0 Å². The molecular weight excluding hydrogens is 1130 g/mol. The summed E-state index contributed by atoms with van der Waals surface area (Å²) in [7, 11) is 0. The number of amides is 5. The second kappa shape index (κ2) is 28.1. The number of hydrogen-bond donors (Lipinski definition) is 7. The molecule has 2 aromatic carbocycles. The van der Waals surface area contributed by atoms with E-state index in [1.165, 1.54) is 12.8 Å². The zero-order valence-electron chi connectivity index (χ0n) is 52.5. The number of nitrogens with one attached hydrogen (secondary N) is 5. The van der Waals surface area contributed by atoms with Gasteiger partial charge in [-0.25, -0.2) is 8.78 Å². The van der Waals surface area contributed by atoms with Crippen molar-refractivity contribution in [3.05, 3.63) is 70.8 Å². The van der Waals surface area contributed by atoms with Crippen LogP contribution in [0.25, 0.3) is 0 Å². The van der Waals surface area contributed by atoms with Crippen LogP contribution in [0, 0.1) is 23.7 Å². The number of aliphatic hydroxyl groups is 1. The van der Waals surface area contributed by atoms with Gasteiger partial charge in [0.05, 0.1) is 23.1 Å². The van der Waals surface area contributed by atoms with Gasteiger partial charge in [0.1, 0.15) is 44.2 Å². The largest absolute Gasteiger partial charge is 0.504 e. The summed E-state index contributed by atoms with van der Waals surface area (Å²) in [6, 6.07) is 13.4. The number of alkyl halides is 2. The number of halogens is 2. The summed E-state index contributed by atoms with van der Waals surface area (Å²) in [6.45, 7) is 15.1. The molecule has 3 saturated carbocycles. The fourth-order valence-corrected chi connectivity index (χ4v) is 15.9. The van der Waals surface area contributed by atoms with E-state index in [1.807, 2.05) is 50.2 Å². The summed E-state index contributed by atoms with van der Waals surface area (Å²) in [4.78, 5) is 70.3. The van der Waals surface area contributed by atoms with E-state index in [4.69, 9.17) is 14.2 Å². The molecule has 10 rings (SSSR count). The van der Waals surface area contributed by atoms with Crippen LogP contribution in [0.3, 0.4) is 0 Å². The van der Waals surface area contributed by atoms with Crippen LogP contribution >= 0.6 is 0 Å². The van der Waals surface area contributed by atoms with Gasteiger partial charge in [-0.1, -0.05) is 71.0 Å². The molecule has 7 aliphatic rings. The number of aromatic nitrogens is 3. The number of rotatable bonds is 29. The molecule has 11 atom stereocenters. The maximum Gasteiger partial charge on any atom is 0.248 e. The Kier molecular flexibility index (Phi) is 20.8. The van der Waals surface area contributed by atoms with E-state index in [-0.39, 0.29) is 135 Å². The first-order valence-electron chi connectivity index (χ1n) is 32.8. The molecule has 5 amide bonds. The Morgan fingerprint density at radius 1 is 0.818 bits per heavy atom. The van der Waals surface area contributed by atoms with Crippen LogP contribution in [0.5, 0.6) is 11.5 Å². The molecule has 2 saturated heterocycles. The Hall–Kier alpha value is -5.81. The van der Waals surface area contributed by atoms with Gasteiger partial charge < -0.3 is 55.6 Å². The highest BCUT2D eigenvalue weighted by Gasteiger charge is 2.73. The SMILES string of the molecule is CCC1CC(n2c(CCNC(=O)COCC(=O)NCC(C)CC(C)CNC(=O)COCC(=O)N[C@@H]3CC[C@@]4(O)[C@H]5Cc6ccc(O)c7c6[C@@]4(CCN5CC4CC4)[C@H]3O7)nnc2C(C)C)CC(C)N1CC[C@H](NC(=O)C1CCC(F)(F)CC1)c1ccccc1. The summed E-state index contributed by atoms with van der Waals surface area (Å²) >= 11 is 0. The van der Waals surface area contributed by atoms with Gasteiger partial charge in [-0.15, -0.1) is 10.2 Å². The van der Waals surface area contributed by atoms with Gasteiger partial charge in [0.2, 0.25) is 35.5 Å².